The molecular weight excluding hydrogens is 1470 g/mol. The van der Waals surface area contributed by atoms with Crippen molar-refractivity contribution in [3.63, 3.8) is 0 Å². The Morgan fingerprint density at radius 2 is 0.354 bits per heavy atom. The van der Waals surface area contributed by atoms with E-state index in [1.54, 1.807) is 20.7 Å². The van der Waals surface area contributed by atoms with Crippen molar-refractivity contribution in [2.45, 2.75) is 389 Å². The Hall–Kier alpha value is -3.78. The largest absolute Gasteiger partial charge is 4.00 e. The van der Waals surface area contributed by atoms with Gasteiger partial charge in [0.25, 0.3) is 0 Å². The van der Waals surface area contributed by atoms with Crippen molar-refractivity contribution >= 4 is 55.9 Å². The number of hydrogen-bond donors (Lipinski definition) is 0. The molecule has 8 unspecified atom stereocenters. The summed E-state index contributed by atoms with van der Waals surface area (Å²) in [6.07, 6.45) is 53.6. The van der Waals surface area contributed by atoms with Gasteiger partial charge in [-0.15, -0.1) is 26.2 Å². The second-order valence-electron chi connectivity index (χ2n) is 36.1. The van der Waals surface area contributed by atoms with Crippen molar-refractivity contribution in [2.75, 3.05) is 26.2 Å². The van der Waals surface area contributed by atoms with Crippen molar-refractivity contribution in [1.82, 2.24) is 0 Å². The first-order chi connectivity index (χ1) is 53.8. The van der Waals surface area contributed by atoms with Crippen LogP contribution in [0.3, 0.4) is 0 Å². The molecule has 4 aliphatic carbocycles. The zero-order valence-corrected chi connectivity index (χ0v) is 82.9. The maximum absolute atomic E-state index is 5.01. The molecule has 4 aromatic carbocycles. The van der Waals surface area contributed by atoms with Crippen LogP contribution in [0, 0.1) is 0 Å². The van der Waals surface area contributed by atoms with Crippen molar-refractivity contribution in [3.05, 3.63) is 234 Å². The van der Waals surface area contributed by atoms with E-state index in [2.05, 4.69) is 283 Å². The van der Waals surface area contributed by atoms with E-state index >= 15 is 0 Å². The molecule has 0 N–H and O–H groups in total. The quantitative estimate of drug-likeness (QED) is 0.0313. The van der Waals surface area contributed by atoms with Gasteiger partial charge in [-0.05, 0) is 83.1 Å². The molecule has 0 spiro atoms. The van der Waals surface area contributed by atoms with Crippen LogP contribution in [0.25, 0.3) is 21.3 Å². The van der Waals surface area contributed by atoms with Crippen LogP contribution in [0.5, 0.6) is 0 Å². The van der Waals surface area contributed by atoms with E-state index in [1.165, 1.54) is 297 Å². The smallest absolute Gasteiger partial charge is 0.650 e. The van der Waals surface area contributed by atoms with E-state index < -0.39 is 35.2 Å². The fourth-order valence-electron chi connectivity index (χ4n) is 17.4. The Labute approximate surface area is 720 Å². The topological polar surface area (TPSA) is 56.4 Å². The molecule has 0 saturated carbocycles. The Balaban J connectivity index is 0.000000317. The average molecular weight is 1630 g/mol. The van der Waals surface area contributed by atoms with Gasteiger partial charge in [0.15, 0.2) is 0 Å². The van der Waals surface area contributed by atoms with Crippen LogP contribution in [-0.2, 0) is 21.7 Å². The molecule has 624 valence electrons. The summed E-state index contributed by atoms with van der Waals surface area (Å²) in [5.74, 6) is 0. The van der Waals surface area contributed by atoms with Crippen LogP contribution in [0.1, 0.15) is 316 Å². The number of nitrogens with zero attached hydrogens (tertiary/aromatic N) is 4. The molecule has 0 radical (unpaired) electrons. The van der Waals surface area contributed by atoms with Gasteiger partial charge in [0.05, 0.1) is 35.2 Å². The molecule has 9 heteroatoms. The molecule has 0 bridgehead atoms. The third kappa shape index (κ3) is 37.6. The summed E-state index contributed by atoms with van der Waals surface area (Å²) in [6, 6.07) is 50.5. The summed E-state index contributed by atoms with van der Waals surface area (Å²) in [7, 11) is -2.74. The van der Waals surface area contributed by atoms with E-state index in [0.717, 1.165) is 26.2 Å². The second kappa shape index (κ2) is 56.6. The molecule has 4 aromatic rings. The first kappa shape index (κ1) is 102. The molecule has 0 fully saturated rings. The van der Waals surface area contributed by atoms with Gasteiger partial charge in [0.2, 0.25) is 0 Å². The van der Waals surface area contributed by atoms with E-state index in [9.17, 15) is 0 Å². The number of unbranched alkanes of at least 4 members (excludes halogenated alkanes) is 28. The number of benzene rings is 4. The van der Waals surface area contributed by atoms with Crippen molar-refractivity contribution < 1.29 is 21.7 Å². The molecule has 4 aliphatic rings. The number of hydrogen-bond acceptors (Lipinski definition) is 0. The van der Waals surface area contributed by atoms with E-state index in [4.69, 9.17) is 21.3 Å². The van der Waals surface area contributed by atoms with Crippen LogP contribution in [0.15, 0.2) is 213 Å². The van der Waals surface area contributed by atoms with Crippen molar-refractivity contribution in [2.24, 2.45) is 0 Å². The van der Waals surface area contributed by atoms with Crippen LogP contribution in [-0.4, -0.2) is 83.5 Å². The van der Waals surface area contributed by atoms with Crippen molar-refractivity contribution in [3.8, 4) is 0 Å². The first-order valence-corrected chi connectivity index (χ1v) is 56.4. The Bertz CT molecular complexity index is 3050. The van der Waals surface area contributed by atoms with Gasteiger partial charge in [-0.3, -0.25) is 0 Å². The summed E-state index contributed by atoms with van der Waals surface area (Å²) in [5, 5.41) is 26.5. The van der Waals surface area contributed by atoms with Crippen LogP contribution in [0.4, 0.5) is 0 Å². The maximum atomic E-state index is 5.01. The minimum Gasteiger partial charge on any atom is -0.650 e. The van der Waals surface area contributed by atoms with E-state index in [-0.39, 0.29) is 43.9 Å². The standard InChI is InChI=1S/4C26H42NSi.Ti/c4*1-22-21-26(4,24(3)23(22)2)27-19-15-10-8-6-7-9-11-16-20-28(5)25-17-13-12-14-18-25;/h4*12-14,17-18,21,28H,6-11,15-16,19-20H2,1-5H3;/q4*-1;+4. The van der Waals surface area contributed by atoms with Gasteiger partial charge in [-0.1, -0.05) is 539 Å². The van der Waals surface area contributed by atoms with Crippen LogP contribution >= 0.6 is 0 Å². The first-order valence-electron chi connectivity index (χ1n) is 46.2. The van der Waals surface area contributed by atoms with Gasteiger partial charge in [0.1, 0.15) is 0 Å². The Kier molecular flexibility index (Phi) is 50.9. The molecule has 4 nitrogen and oxygen atoms in total. The summed E-state index contributed by atoms with van der Waals surface area (Å²) in [5.41, 5.74) is 17.0. The molecule has 0 amide bonds. The van der Waals surface area contributed by atoms with E-state index in [1.807, 2.05) is 0 Å². The Morgan fingerprint density at radius 3 is 0.496 bits per heavy atom. The molecular formula is C104H168N4Si4Ti. The minimum absolute atomic E-state index is 0. The monoisotopic (exact) mass is 1630 g/mol. The minimum atomic E-state index is -0.684. The molecule has 113 heavy (non-hydrogen) atoms. The predicted octanol–water partition coefficient (Wildman–Crippen LogP) is 29.2. The maximum Gasteiger partial charge on any atom is 4.00 e. The second-order valence-corrected chi connectivity index (χ2v) is 48.3. The SMILES string of the molecule is CC1=CC(C)([N-]CCCCCCCCCC[SiH](C)c2ccccc2)C(C)=C1C.CC1=CC(C)([N-]CCCCCCCCCC[SiH](C)c2ccccc2)C(C)=C1C.CC1=CC(C)([N-]CCCCCCCCCC[SiH](C)c2ccccc2)C(C)=C1C.CC1=CC(C)([N-]CCCCCCCCCC[SiH](C)c2ccccc2)C(C)=C1C.[Ti+4]. The van der Waals surface area contributed by atoms with Gasteiger partial charge in [-0.2, -0.15) is 0 Å². The molecule has 0 saturated heterocycles. The number of rotatable bonds is 52. The van der Waals surface area contributed by atoms with E-state index in [0.29, 0.717) is 0 Å². The molecule has 0 heterocycles. The molecule has 0 aliphatic heterocycles. The molecule has 0 aromatic heterocycles. The van der Waals surface area contributed by atoms with Gasteiger partial charge < -0.3 is 21.3 Å². The normalized spacial score (nSPS) is 20.4. The zero-order chi connectivity index (χ0) is 81.6. The van der Waals surface area contributed by atoms with Gasteiger partial charge in [0, 0.05) is 0 Å². The average Bonchev–Trinajstić information content (AvgIpc) is 1.68. The van der Waals surface area contributed by atoms with Gasteiger partial charge >= 0.3 is 21.7 Å². The van der Waals surface area contributed by atoms with Crippen LogP contribution in [0.2, 0.25) is 50.4 Å². The van der Waals surface area contributed by atoms with Crippen molar-refractivity contribution in [1.29, 1.82) is 0 Å². The molecule has 8 rings (SSSR count). The molecule has 8 atom stereocenters. The fourth-order valence-corrected chi connectivity index (χ4v) is 25.9. The Morgan fingerprint density at radius 1 is 0.212 bits per heavy atom. The fraction of sp³-hybridized carbons (Fsp3) is 0.615. The third-order valence-corrected chi connectivity index (χ3v) is 38.2. The summed E-state index contributed by atoms with van der Waals surface area (Å²) in [4.78, 5) is 0. The summed E-state index contributed by atoms with van der Waals surface area (Å²) >= 11 is 0. The summed E-state index contributed by atoms with van der Waals surface area (Å²) < 4.78 is 0. The van der Waals surface area contributed by atoms with Crippen LogP contribution < -0.4 is 20.7 Å². The predicted molar refractivity (Wildman–Crippen MR) is 518 cm³/mol. The van der Waals surface area contributed by atoms with Gasteiger partial charge in [-0.25, -0.2) is 0 Å². The summed E-state index contributed by atoms with van der Waals surface area (Å²) in [6.45, 7) is 49.9. The number of allylic oxidation sites excluding steroid dienone is 8. The third-order valence-electron chi connectivity index (χ3n) is 27.1. The zero-order valence-electron chi connectivity index (χ0n) is 76.7.